The number of furan rings is 1. The minimum atomic E-state index is -0.464. The molecule has 0 amide bonds. The van der Waals surface area contributed by atoms with Gasteiger partial charge in [0.2, 0.25) is 0 Å². The highest BCUT2D eigenvalue weighted by Gasteiger charge is 2.09. The SMILES string of the molecule is Cc1cc(/C=N\Nc2cn[nH]c(=O)c2Cl)c(C)n1Cc1ccco1. The van der Waals surface area contributed by atoms with Crippen molar-refractivity contribution in [1.82, 2.24) is 14.8 Å². The first-order valence-electron chi connectivity index (χ1n) is 7.27. The standard InChI is InChI=1S/C16H16ClN5O2/c1-10-6-12(11(2)22(10)9-13-4-3-5-24-13)7-18-20-14-8-19-21-16(23)15(14)17/h3-8H,9H2,1-2H3,(H2,20,21,23)/b18-7-. The first-order valence-corrected chi connectivity index (χ1v) is 7.65. The average molecular weight is 346 g/mol. The van der Waals surface area contributed by atoms with E-state index in [0.717, 1.165) is 22.7 Å². The van der Waals surface area contributed by atoms with Gasteiger partial charge in [-0.05, 0) is 32.0 Å². The number of aromatic nitrogens is 3. The number of anilines is 1. The van der Waals surface area contributed by atoms with E-state index in [1.165, 1.54) is 6.20 Å². The number of hydrogen-bond acceptors (Lipinski definition) is 5. The van der Waals surface area contributed by atoms with Crippen LogP contribution in [0.5, 0.6) is 0 Å². The molecule has 24 heavy (non-hydrogen) atoms. The topological polar surface area (TPSA) is 88.2 Å². The Hall–Kier alpha value is -2.80. The molecule has 0 aliphatic carbocycles. The number of hydrogen-bond donors (Lipinski definition) is 2. The van der Waals surface area contributed by atoms with Crippen molar-refractivity contribution in [2.24, 2.45) is 5.10 Å². The summed E-state index contributed by atoms with van der Waals surface area (Å²) in [6.07, 6.45) is 4.74. The van der Waals surface area contributed by atoms with Crippen LogP contribution in [-0.2, 0) is 6.54 Å². The fourth-order valence-electron chi connectivity index (χ4n) is 2.39. The van der Waals surface area contributed by atoms with Crippen LogP contribution in [0.4, 0.5) is 5.69 Å². The van der Waals surface area contributed by atoms with Crippen molar-refractivity contribution < 1.29 is 4.42 Å². The normalized spacial score (nSPS) is 11.3. The molecule has 3 heterocycles. The van der Waals surface area contributed by atoms with E-state index in [-0.39, 0.29) is 5.02 Å². The summed E-state index contributed by atoms with van der Waals surface area (Å²) < 4.78 is 7.54. The van der Waals surface area contributed by atoms with Crippen LogP contribution in [0, 0.1) is 13.8 Å². The molecule has 0 saturated heterocycles. The summed E-state index contributed by atoms with van der Waals surface area (Å²) in [5.74, 6) is 0.889. The third-order valence-electron chi connectivity index (χ3n) is 3.69. The zero-order valence-corrected chi connectivity index (χ0v) is 14.0. The van der Waals surface area contributed by atoms with Crippen LogP contribution < -0.4 is 11.0 Å². The first-order chi connectivity index (χ1) is 11.6. The van der Waals surface area contributed by atoms with Crippen molar-refractivity contribution in [2.75, 3.05) is 5.43 Å². The number of nitrogens with zero attached hydrogens (tertiary/aromatic N) is 3. The Kier molecular flexibility index (Phi) is 4.52. The molecule has 0 radical (unpaired) electrons. The van der Waals surface area contributed by atoms with Gasteiger partial charge in [0, 0.05) is 17.0 Å². The number of aryl methyl sites for hydroxylation is 1. The van der Waals surface area contributed by atoms with Gasteiger partial charge in [-0.1, -0.05) is 11.6 Å². The van der Waals surface area contributed by atoms with Crippen molar-refractivity contribution in [1.29, 1.82) is 0 Å². The Bertz CT molecular complexity index is 925. The van der Waals surface area contributed by atoms with Crippen molar-refractivity contribution >= 4 is 23.5 Å². The quantitative estimate of drug-likeness (QED) is 0.549. The summed E-state index contributed by atoms with van der Waals surface area (Å²) in [6.45, 7) is 4.70. The Morgan fingerprint density at radius 3 is 3.08 bits per heavy atom. The fourth-order valence-corrected chi connectivity index (χ4v) is 2.53. The van der Waals surface area contributed by atoms with Crippen LogP contribution in [0.3, 0.4) is 0 Å². The molecule has 0 atom stereocenters. The molecular formula is C16H16ClN5O2. The van der Waals surface area contributed by atoms with Gasteiger partial charge >= 0.3 is 0 Å². The van der Waals surface area contributed by atoms with Crippen LogP contribution in [0.15, 0.2) is 45.0 Å². The molecule has 3 aromatic rings. The fraction of sp³-hybridized carbons (Fsp3) is 0.188. The van der Waals surface area contributed by atoms with Gasteiger partial charge in [-0.15, -0.1) is 0 Å². The Morgan fingerprint density at radius 1 is 1.50 bits per heavy atom. The monoisotopic (exact) mass is 345 g/mol. The largest absolute Gasteiger partial charge is 0.467 e. The highest BCUT2D eigenvalue weighted by atomic mass is 35.5. The second-order valence-electron chi connectivity index (χ2n) is 5.29. The third kappa shape index (κ3) is 3.26. The minimum absolute atomic E-state index is 0.0189. The summed E-state index contributed by atoms with van der Waals surface area (Å²) in [5.41, 5.74) is 5.73. The Morgan fingerprint density at radius 2 is 2.33 bits per heavy atom. The molecule has 0 bridgehead atoms. The maximum absolute atomic E-state index is 11.4. The molecule has 3 aromatic heterocycles. The Balaban J connectivity index is 1.78. The second-order valence-corrected chi connectivity index (χ2v) is 5.67. The van der Waals surface area contributed by atoms with Crippen molar-refractivity contribution in [3.8, 4) is 0 Å². The summed E-state index contributed by atoms with van der Waals surface area (Å²) in [5, 5.41) is 10.1. The van der Waals surface area contributed by atoms with Crippen molar-refractivity contribution in [2.45, 2.75) is 20.4 Å². The maximum Gasteiger partial charge on any atom is 0.285 e. The number of H-pyrrole nitrogens is 1. The van der Waals surface area contributed by atoms with E-state index >= 15 is 0 Å². The van der Waals surface area contributed by atoms with Crippen LogP contribution in [0.2, 0.25) is 5.02 Å². The molecular weight excluding hydrogens is 330 g/mol. The van der Waals surface area contributed by atoms with E-state index in [1.54, 1.807) is 12.5 Å². The smallest absolute Gasteiger partial charge is 0.285 e. The zero-order chi connectivity index (χ0) is 17.1. The highest BCUT2D eigenvalue weighted by Crippen LogP contribution is 2.17. The van der Waals surface area contributed by atoms with Gasteiger partial charge in [0.05, 0.1) is 25.2 Å². The summed E-state index contributed by atoms with van der Waals surface area (Å²) in [6, 6.07) is 5.84. The van der Waals surface area contributed by atoms with E-state index in [2.05, 4.69) is 25.3 Å². The van der Waals surface area contributed by atoms with Crippen molar-refractivity contribution in [3.05, 3.63) is 68.7 Å². The van der Waals surface area contributed by atoms with E-state index in [4.69, 9.17) is 16.0 Å². The van der Waals surface area contributed by atoms with E-state index in [1.807, 2.05) is 32.0 Å². The molecule has 0 aliphatic rings. The number of halogens is 1. The third-order valence-corrected chi connectivity index (χ3v) is 4.07. The van der Waals surface area contributed by atoms with Crippen LogP contribution >= 0.6 is 11.6 Å². The molecule has 0 aliphatic heterocycles. The minimum Gasteiger partial charge on any atom is -0.467 e. The van der Waals surface area contributed by atoms with Gasteiger partial charge in [-0.25, -0.2) is 5.10 Å². The van der Waals surface area contributed by atoms with Gasteiger partial charge in [-0.3, -0.25) is 10.2 Å². The van der Waals surface area contributed by atoms with Gasteiger partial charge < -0.3 is 8.98 Å². The first kappa shape index (κ1) is 16.1. The van der Waals surface area contributed by atoms with E-state index < -0.39 is 5.56 Å². The predicted octanol–water partition coefficient (Wildman–Crippen LogP) is 2.93. The summed E-state index contributed by atoms with van der Waals surface area (Å²) in [7, 11) is 0. The van der Waals surface area contributed by atoms with Gasteiger partial charge in [0.1, 0.15) is 16.5 Å². The van der Waals surface area contributed by atoms with Crippen molar-refractivity contribution in [3.63, 3.8) is 0 Å². The lowest BCUT2D eigenvalue weighted by Crippen LogP contribution is -2.10. The number of aromatic amines is 1. The molecule has 0 unspecified atom stereocenters. The molecule has 0 saturated carbocycles. The van der Waals surface area contributed by atoms with Crippen LogP contribution in [-0.4, -0.2) is 21.0 Å². The zero-order valence-electron chi connectivity index (χ0n) is 13.2. The molecule has 0 aromatic carbocycles. The van der Waals surface area contributed by atoms with E-state index in [0.29, 0.717) is 12.2 Å². The maximum atomic E-state index is 11.4. The second kappa shape index (κ2) is 6.76. The predicted molar refractivity (Wildman–Crippen MR) is 92.8 cm³/mol. The van der Waals surface area contributed by atoms with Crippen LogP contribution in [0.1, 0.15) is 22.7 Å². The van der Waals surface area contributed by atoms with Gasteiger partial charge in [-0.2, -0.15) is 10.2 Å². The number of nitrogens with one attached hydrogen (secondary N) is 2. The lowest BCUT2D eigenvalue weighted by Gasteiger charge is -2.07. The van der Waals surface area contributed by atoms with Crippen LogP contribution in [0.25, 0.3) is 0 Å². The molecule has 2 N–H and O–H groups in total. The highest BCUT2D eigenvalue weighted by molar-refractivity contribution is 6.32. The molecule has 8 heteroatoms. The average Bonchev–Trinajstić information content (AvgIpc) is 3.16. The van der Waals surface area contributed by atoms with E-state index in [9.17, 15) is 4.79 Å². The summed E-state index contributed by atoms with van der Waals surface area (Å²) >= 11 is 5.88. The molecule has 0 fully saturated rings. The molecule has 7 nitrogen and oxygen atoms in total. The van der Waals surface area contributed by atoms with Gasteiger partial charge in [0.25, 0.3) is 5.56 Å². The lowest BCUT2D eigenvalue weighted by molar-refractivity contribution is 0.489. The van der Waals surface area contributed by atoms with Gasteiger partial charge in [0.15, 0.2) is 0 Å². The Labute approximate surface area is 143 Å². The lowest BCUT2D eigenvalue weighted by atomic mass is 10.3. The molecule has 0 spiro atoms. The molecule has 124 valence electrons. The summed E-state index contributed by atoms with van der Waals surface area (Å²) in [4.78, 5) is 11.4. The number of hydrazone groups is 1. The number of rotatable bonds is 5. The molecule has 3 rings (SSSR count).